The number of likely N-dealkylation sites (tertiary alicyclic amines) is 1. The summed E-state index contributed by atoms with van der Waals surface area (Å²) in [5.74, 6) is -12.6. The maximum Gasteiger partial charge on any atom is 0.257 e. The third kappa shape index (κ3) is 7.31. The second-order valence-corrected chi connectivity index (χ2v) is 12.7. The summed E-state index contributed by atoms with van der Waals surface area (Å²) in [6, 6.07) is 22.2. The molecule has 2 fully saturated rings. The van der Waals surface area contributed by atoms with Gasteiger partial charge in [0.15, 0.2) is 29.6 Å². The highest BCUT2D eigenvalue weighted by molar-refractivity contribution is 5.94. The normalized spacial score (nSPS) is 22.5. The van der Waals surface area contributed by atoms with Crippen LogP contribution in [0.3, 0.4) is 0 Å². The molecule has 0 aliphatic carbocycles. The Kier molecular flexibility index (Phi) is 10.9. The number of benzene rings is 4. The number of aliphatic hydroxyl groups excluding tert-OH is 2. The molecule has 3 N–H and O–H groups in total. The zero-order valence-corrected chi connectivity index (χ0v) is 27.2. The Balaban J connectivity index is 1.18. The van der Waals surface area contributed by atoms with Crippen LogP contribution in [0, 0.1) is 35.0 Å². The third-order valence-corrected chi connectivity index (χ3v) is 9.58. The predicted octanol–water partition coefficient (Wildman–Crippen LogP) is 6.72. The average Bonchev–Trinajstić information content (AvgIpc) is 3.60. The summed E-state index contributed by atoms with van der Waals surface area (Å²) in [6.07, 6.45) is 0.770. The van der Waals surface area contributed by atoms with Gasteiger partial charge in [0.25, 0.3) is 5.91 Å². The van der Waals surface area contributed by atoms with Crippen LogP contribution in [0.5, 0.6) is 0 Å². The highest BCUT2D eigenvalue weighted by atomic mass is 19.2. The van der Waals surface area contributed by atoms with Crippen LogP contribution >= 0.6 is 0 Å². The molecule has 4 aromatic carbocycles. The summed E-state index contributed by atoms with van der Waals surface area (Å²) < 4.78 is 82.0. The third-order valence-electron chi connectivity index (χ3n) is 9.58. The summed E-state index contributed by atoms with van der Waals surface area (Å²) in [7, 11) is 0. The second-order valence-electron chi connectivity index (χ2n) is 12.7. The zero-order valence-electron chi connectivity index (χ0n) is 27.2. The Morgan fingerprint density at radius 3 is 2.14 bits per heavy atom. The molecule has 0 radical (unpaired) electrons. The number of halogens is 5. The minimum Gasteiger partial charge on any atom is -0.395 e. The number of nitrogens with one attached hydrogen (secondary N) is 1. The van der Waals surface area contributed by atoms with Crippen molar-refractivity contribution in [3.63, 3.8) is 0 Å². The quantitative estimate of drug-likeness (QED) is 0.0970. The summed E-state index contributed by atoms with van der Waals surface area (Å²) in [5.41, 5.74) is 3.09. The van der Waals surface area contributed by atoms with E-state index in [9.17, 15) is 37.0 Å². The smallest absolute Gasteiger partial charge is 0.257 e. The van der Waals surface area contributed by atoms with E-state index in [2.05, 4.69) is 17.1 Å². The van der Waals surface area contributed by atoms with E-state index in [1.807, 2.05) is 54.6 Å². The van der Waals surface area contributed by atoms with Crippen molar-refractivity contribution >= 4 is 5.91 Å². The van der Waals surface area contributed by atoms with Crippen molar-refractivity contribution < 1.29 is 46.4 Å². The molecule has 0 spiro atoms. The fraction of sp³-hybridized carbons (Fsp3) is 0.342. The average molecular weight is 697 g/mol. The molecular weight excluding hydrogens is 659 g/mol. The molecule has 0 unspecified atom stereocenters. The maximum absolute atomic E-state index is 14.1. The highest BCUT2D eigenvalue weighted by Crippen LogP contribution is 2.42. The Bertz CT molecular complexity index is 1800. The lowest BCUT2D eigenvalue weighted by molar-refractivity contribution is -0.276. The van der Waals surface area contributed by atoms with Gasteiger partial charge >= 0.3 is 0 Å². The number of nitrogens with zero attached hydrogens (tertiary/aromatic N) is 1. The van der Waals surface area contributed by atoms with Gasteiger partial charge in [0, 0.05) is 30.6 Å². The van der Waals surface area contributed by atoms with E-state index in [1.165, 1.54) is 0 Å². The lowest BCUT2D eigenvalue weighted by atomic mass is 9.89. The van der Waals surface area contributed by atoms with Crippen LogP contribution in [-0.4, -0.2) is 52.9 Å². The van der Waals surface area contributed by atoms with Crippen LogP contribution in [0.25, 0.3) is 11.1 Å². The van der Waals surface area contributed by atoms with Crippen molar-refractivity contribution in [2.45, 2.75) is 57.5 Å². The van der Waals surface area contributed by atoms with Gasteiger partial charge in [-0.3, -0.25) is 9.69 Å². The fourth-order valence-electron chi connectivity index (χ4n) is 6.67. The minimum atomic E-state index is -2.34. The van der Waals surface area contributed by atoms with Gasteiger partial charge in [-0.2, -0.15) is 0 Å². The molecule has 2 heterocycles. The summed E-state index contributed by atoms with van der Waals surface area (Å²) in [6.45, 7) is 3.42. The highest BCUT2D eigenvalue weighted by Gasteiger charge is 2.40. The summed E-state index contributed by atoms with van der Waals surface area (Å²) in [5, 5.41) is 21.7. The number of amides is 1. The second kappa shape index (κ2) is 15.4. The Hall–Kier alpha value is -4.20. The van der Waals surface area contributed by atoms with Gasteiger partial charge in [-0.25, -0.2) is 22.0 Å². The van der Waals surface area contributed by atoms with Crippen LogP contribution in [0.1, 0.15) is 64.8 Å². The molecule has 50 heavy (non-hydrogen) atoms. The summed E-state index contributed by atoms with van der Waals surface area (Å²) >= 11 is 0. The standard InChI is InChI=1S/C38H37F5N2O5/c1-21-29(18-45-15-3-6-28(45)20-47)49-38(50-36(21)25-9-7-22(19-46)8-10-25)26-13-11-24(12-14-26)27-5-2-4-23(16-27)17-44-37(48)30-31(39)33(41)35(43)34(42)32(30)40/h2,4-5,7-14,16,21,28-29,36,38,46-47H,3,6,15,17-20H2,1H3,(H,44,48)/t21-,28-,29+,36+,38+/m0/s1. The minimum absolute atomic E-state index is 0.0113. The Morgan fingerprint density at radius 2 is 1.48 bits per heavy atom. The van der Waals surface area contributed by atoms with E-state index in [0.29, 0.717) is 12.1 Å². The lowest BCUT2D eigenvalue weighted by Crippen LogP contribution is -2.46. The van der Waals surface area contributed by atoms with E-state index >= 15 is 0 Å². The molecule has 1 amide bonds. The first-order valence-corrected chi connectivity index (χ1v) is 16.4. The predicted molar refractivity (Wildman–Crippen MR) is 174 cm³/mol. The number of aliphatic hydroxyl groups is 2. The fourth-order valence-corrected chi connectivity index (χ4v) is 6.67. The van der Waals surface area contributed by atoms with Crippen molar-refractivity contribution in [3.05, 3.63) is 130 Å². The Morgan fingerprint density at radius 1 is 0.820 bits per heavy atom. The number of hydrogen-bond acceptors (Lipinski definition) is 6. The van der Waals surface area contributed by atoms with Crippen molar-refractivity contribution in [1.29, 1.82) is 0 Å². The van der Waals surface area contributed by atoms with Crippen LogP contribution in [0.4, 0.5) is 22.0 Å². The van der Waals surface area contributed by atoms with Gasteiger partial charge < -0.3 is 25.0 Å². The molecule has 0 bridgehead atoms. The van der Waals surface area contributed by atoms with Gasteiger partial charge in [0.2, 0.25) is 5.82 Å². The molecule has 2 aliphatic rings. The van der Waals surface area contributed by atoms with E-state index in [-0.39, 0.29) is 43.9 Å². The molecule has 5 atom stereocenters. The van der Waals surface area contributed by atoms with Gasteiger partial charge in [-0.1, -0.05) is 73.7 Å². The first-order chi connectivity index (χ1) is 24.1. The molecule has 2 aliphatic heterocycles. The van der Waals surface area contributed by atoms with E-state index in [0.717, 1.165) is 47.2 Å². The van der Waals surface area contributed by atoms with Crippen molar-refractivity contribution in [2.75, 3.05) is 19.7 Å². The summed E-state index contributed by atoms with van der Waals surface area (Å²) in [4.78, 5) is 14.7. The Labute approximate surface area is 286 Å². The van der Waals surface area contributed by atoms with Gasteiger partial charge in [0.05, 0.1) is 25.4 Å². The number of rotatable bonds is 10. The van der Waals surface area contributed by atoms with Gasteiger partial charge in [-0.15, -0.1) is 0 Å². The van der Waals surface area contributed by atoms with Gasteiger partial charge in [0.1, 0.15) is 5.56 Å². The number of hydrogen-bond donors (Lipinski definition) is 3. The number of ether oxygens (including phenoxy) is 2. The molecule has 6 rings (SSSR count). The molecule has 0 saturated carbocycles. The van der Waals surface area contributed by atoms with Crippen LogP contribution in [0.2, 0.25) is 0 Å². The molecule has 12 heteroatoms. The first-order valence-electron chi connectivity index (χ1n) is 16.4. The van der Waals surface area contributed by atoms with Crippen molar-refractivity contribution in [2.24, 2.45) is 5.92 Å². The number of carbonyl (C=O) groups is 1. The molecule has 4 aromatic rings. The van der Waals surface area contributed by atoms with E-state index < -0.39 is 46.8 Å². The zero-order chi connectivity index (χ0) is 35.5. The topological polar surface area (TPSA) is 91.3 Å². The SMILES string of the molecule is C[C@H]1[C@@H](CN2CCC[C@H]2CO)O[C@@H](c2ccc(-c3cccc(CNC(=O)c4c(F)c(F)c(F)c(F)c4F)c3)cc2)O[C@H]1c1ccc(CO)cc1. The largest absolute Gasteiger partial charge is 0.395 e. The monoisotopic (exact) mass is 696 g/mol. The lowest BCUT2D eigenvalue weighted by Gasteiger charge is -2.43. The van der Waals surface area contributed by atoms with Crippen LogP contribution in [0.15, 0.2) is 72.8 Å². The molecular formula is C38H37F5N2O5. The van der Waals surface area contributed by atoms with Gasteiger partial charge in [-0.05, 0) is 53.3 Å². The molecule has 7 nitrogen and oxygen atoms in total. The van der Waals surface area contributed by atoms with Crippen LogP contribution < -0.4 is 5.32 Å². The van der Waals surface area contributed by atoms with E-state index in [1.54, 1.807) is 18.2 Å². The molecule has 0 aromatic heterocycles. The molecule has 264 valence electrons. The molecule has 2 saturated heterocycles. The van der Waals surface area contributed by atoms with Crippen molar-refractivity contribution in [1.82, 2.24) is 10.2 Å². The van der Waals surface area contributed by atoms with Crippen molar-refractivity contribution in [3.8, 4) is 11.1 Å². The number of carbonyl (C=O) groups excluding carboxylic acids is 1. The van der Waals surface area contributed by atoms with Crippen LogP contribution in [-0.2, 0) is 22.6 Å². The first kappa shape index (κ1) is 35.6. The maximum atomic E-state index is 14.1. The van der Waals surface area contributed by atoms with E-state index in [4.69, 9.17) is 9.47 Å².